The lowest BCUT2D eigenvalue weighted by Crippen LogP contribution is -2.60. The van der Waals surface area contributed by atoms with E-state index in [0.29, 0.717) is 77.9 Å². The van der Waals surface area contributed by atoms with Crippen LogP contribution in [0.4, 0.5) is 34.5 Å². The molecule has 14 nitrogen and oxygen atoms in total. The van der Waals surface area contributed by atoms with Gasteiger partial charge < -0.3 is 30.9 Å². The number of halogens is 1. The molecule has 3 aromatic carbocycles. The number of nitrogens with one attached hydrogen (secondary N) is 5. The van der Waals surface area contributed by atoms with Gasteiger partial charge in [0.05, 0.1) is 37.3 Å². The fourth-order valence-electron chi connectivity index (χ4n) is 7.21. The van der Waals surface area contributed by atoms with Crippen molar-refractivity contribution >= 4 is 69.6 Å². The van der Waals surface area contributed by atoms with Gasteiger partial charge in [-0.15, -0.1) is 0 Å². The van der Waals surface area contributed by atoms with Gasteiger partial charge >= 0.3 is 0 Å². The van der Waals surface area contributed by atoms with Crippen molar-refractivity contribution in [2.75, 3.05) is 60.7 Å². The second kappa shape index (κ2) is 16.7. The van der Waals surface area contributed by atoms with E-state index in [1.54, 1.807) is 25.3 Å². The van der Waals surface area contributed by atoms with Crippen molar-refractivity contribution in [3.8, 4) is 5.75 Å². The number of hydrogen-bond donors (Lipinski definition) is 5. The van der Waals surface area contributed by atoms with Gasteiger partial charge in [-0.25, -0.2) is 4.98 Å². The van der Waals surface area contributed by atoms with E-state index in [-0.39, 0.29) is 29.5 Å². The number of benzene rings is 3. The molecule has 0 saturated carbocycles. The van der Waals surface area contributed by atoms with Crippen molar-refractivity contribution in [2.45, 2.75) is 50.6 Å². The number of para-hydroxylation sites is 1. The summed E-state index contributed by atoms with van der Waals surface area (Å²) in [4.78, 5) is 61.8. The third kappa shape index (κ3) is 9.15. The van der Waals surface area contributed by atoms with E-state index in [1.165, 1.54) is 18.7 Å². The number of carbonyl (C=O) groups is 4. The van der Waals surface area contributed by atoms with Crippen molar-refractivity contribution in [1.82, 2.24) is 25.5 Å². The molecule has 3 aliphatic heterocycles. The minimum absolute atomic E-state index is 0.0331. The zero-order valence-corrected chi connectivity index (χ0v) is 31.5. The van der Waals surface area contributed by atoms with Gasteiger partial charge in [-0.2, -0.15) is 4.98 Å². The third-order valence-electron chi connectivity index (χ3n) is 10.3. The predicted molar refractivity (Wildman–Crippen MR) is 212 cm³/mol. The summed E-state index contributed by atoms with van der Waals surface area (Å²) in [6.07, 6.45) is 4.25. The average molecular weight is 766 g/mol. The van der Waals surface area contributed by atoms with E-state index in [4.69, 9.17) is 16.3 Å². The Bertz CT molecular complexity index is 2070. The Hall–Kier alpha value is -5.73. The first-order chi connectivity index (χ1) is 26.6. The molecule has 3 saturated heterocycles. The highest BCUT2D eigenvalue weighted by Gasteiger charge is 2.30. The van der Waals surface area contributed by atoms with Gasteiger partial charge in [0.15, 0.2) is 11.6 Å². The monoisotopic (exact) mass is 765 g/mol. The molecule has 4 aromatic rings. The van der Waals surface area contributed by atoms with E-state index in [2.05, 4.69) is 58.5 Å². The summed E-state index contributed by atoms with van der Waals surface area (Å²) in [6.45, 7) is 4.95. The summed E-state index contributed by atoms with van der Waals surface area (Å²) in [5.74, 6) is 1.12. The number of hydrogen-bond acceptors (Lipinski definition) is 12. The van der Waals surface area contributed by atoms with Crippen LogP contribution in [0.3, 0.4) is 0 Å². The number of carbonyl (C=O) groups excluding carboxylic acids is 4. The van der Waals surface area contributed by atoms with Crippen molar-refractivity contribution in [3.63, 3.8) is 0 Å². The molecule has 3 aliphatic rings. The highest BCUT2D eigenvalue weighted by Crippen LogP contribution is 2.34. The first-order valence-corrected chi connectivity index (χ1v) is 18.8. The standard InChI is InChI=1S/C40H44ClN9O5/c1-24(51)30-5-3-4-6-32(30)45-38-31(41)20-42-40(48-38)46-33-12-11-29(19-35(33)55-2)50-21-28(22-50)44-37(53)23-49-17-15-26(16-18-49)25-7-9-27(10-8-25)43-34-13-14-36(52)47-39(34)54/h3-12,19-20,26,28,34,43H,13-18,21-23H2,1-2H3,(H,44,53)(H,47,52,54)(H2,42,45,46,48). The van der Waals surface area contributed by atoms with E-state index in [0.717, 1.165) is 37.3 Å². The first kappa shape index (κ1) is 37.6. The molecule has 4 heterocycles. The maximum atomic E-state index is 13.0. The number of anilines is 6. The number of imide groups is 1. The minimum Gasteiger partial charge on any atom is -0.494 e. The quantitative estimate of drug-likeness (QED) is 0.0889. The van der Waals surface area contributed by atoms with E-state index in [9.17, 15) is 19.2 Å². The number of amides is 3. The zero-order chi connectivity index (χ0) is 38.5. The number of Topliss-reactive ketones (excluding diaryl/α,β-unsaturated/α-hetero) is 1. The lowest BCUT2D eigenvalue weighted by molar-refractivity contribution is -0.133. The fourth-order valence-corrected chi connectivity index (χ4v) is 7.35. The summed E-state index contributed by atoms with van der Waals surface area (Å²) in [5, 5.41) is 15.5. The molecule has 1 atom stereocenters. The van der Waals surface area contributed by atoms with Crippen LogP contribution in [-0.4, -0.2) is 90.3 Å². The van der Waals surface area contributed by atoms with Crippen LogP contribution in [0.2, 0.25) is 5.02 Å². The summed E-state index contributed by atoms with van der Waals surface area (Å²) in [7, 11) is 1.60. The molecule has 0 bridgehead atoms. The van der Waals surface area contributed by atoms with Crippen LogP contribution >= 0.6 is 11.6 Å². The van der Waals surface area contributed by atoms with Gasteiger partial charge in [-0.05, 0) is 87.2 Å². The Balaban J connectivity index is 0.855. The number of nitrogens with zero attached hydrogens (tertiary/aromatic N) is 4. The van der Waals surface area contributed by atoms with E-state index >= 15 is 0 Å². The molecule has 1 unspecified atom stereocenters. The summed E-state index contributed by atoms with van der Waals surface area (Å²) in [6, 6.07) is 20.8. The fraction of sp³-hybridized carbons (Fsp3) is 0.350. The van der Waals surface area contributed by atoms with E-state index < -0.39 is 6.04 Å². The SMILES string of the molecule is COc1cc(N2CC(NC(=O)CN3CCC(c4ccc(NC5CCC(=O)NC5=O)cc4)CC3)C2)ccc1Nc1ncc(Cl)c(Nc2ccccc2C(C)=O)n1. The van der Waals surface area contributed by atoms with Crippen LogP contribution in [0.5, 0.6) is 5.75 Å². The number of rotatable bonds is 13. The lowest BCUT2D eigenvalue weighted by Gasteiger charge is -2.42. The Kier molecular flexibility index (Phi) is 11.4. The largest absolute Gasteiger partial charge is 0.494 e. The van der Waals surface area contributed by atoms with Gasteiger partial charge in [0.1, 0.15) is 16.8 Å². The summed E-state index contributed by atoms with van der Waals surface area (Å²) in [5.41, 5.74) is 4.86. The average Bonchev–Trinajstić information content (AvgIpc) is 3.16. The maximum Gasteiger partial charge on any atom is 0.249 e. The normalized spacial score (nSPS) is 17.9. The van der Waals surface area contributed by atoms with Gasteiger partial charge in [-0.1, -0.05) is 35.9 Å². The molecule has 0 radical (unpaired) electrons. The smallest absolute Gasteiger partial charge is 0.249 e. The van der Waals surface area contributed by atoms with Gasteiger partial charge in [0.25, 0.3) is 0 Å². The molecule has 286 valence electrons. The highest BCUT2D eigenvalue weighted by atomic mass is 35.5. The minimum atomic E-state index is -0.402. The molecule has 3 amide bonds. The molecule has 15 heteroatoms. The molecular weight excluding hydrogens is 722 g/mol. The van der Waals surface area contributed by atoms with Crippen LogP contribution in [0.25, 0.3) is 0 Å². The van der Waals surface area contributed by atoms with Crippen LogP contribution in [-0.2, 0) is 14.4 Å². The molecule has 0 spiro atoms. The molecule has 55 heavy (non-hydrogen) atoms. The van der Waals surface area contributed by atoms with Crippen molar-refractivity contribution in [1.29, 1.82) is 0 Å². The summed E-state index contributed by atoms with van der Waals surface area (Å²) < 4.78 is 5.70. The molecule has 1 aromatic heterocycles. The summed E-state index contributed by atoms with van der Waals surface area (Å²) >= 11 is 6.39. The van der Waals surface area contributed by atoms with E-state index in [1.807, 2.05) is 36.4 Å². The predicted octanol–water partition coefficient (Wildman–Crippen LogP) is 5.23. The number of methoxy groups -OCH3 is 1. The van der Waals surface area contributed by atoms with Gasteiger partial charge in [-0.3, -0.25) is 29.4 Å². The molecule has 3 fully saturated rings. The zero-order valence-electron chi connectivity index (χ0n) is 30.7. The number of likely N-dealkylation sites (tertiary alicyclic amines) is 1. The Morgan fingerprint density at radius 2 is 1.73 bits per heavy atom. The highest BCUT2D eigenvalue weighted by molar-refractivity contribution is 6.33. The second-order valence-electron chi connectivity index (χ2n) is 14.1. The van der Waals surface area contributed by atoms with Gasteiger partial charge in [0.2, 0.25) is 23.7 Å². The Morgan fingerprint density at radius 3 is 2.45 bits per heavy atom. The van der Waals surface area contributed by atoms with Crippen molar-refractivity contribution in [3.05, 3.63) is 89.1 Å². The van der Waals surface area contributed by atoms with Gasteiger partial charge in [0, 0.05) is 42.5 Å². The van der Waals surface area contributed by atoms with Crippen LogP contribution in [0.1, 0.15) is 54.4 Å². The number of aromatic nitrogens is 2. The first-order valence-electron chi connectivity index (χ1n) is 18.4. The molecule has 5 N–H and O–H groups in total. The third-order valence-corrected chi connectivity index (χ3v) is 10.5. The molecule has 0 aliphatic carbocycles. The van der Waals surface area contributed by atoms with Crippen molar-refractivity contribution < 1.29 is 23.9 Å². The van der Waals surface area contributed by atoms with Crippen LogP contribution < -0.4 is 36.2 Å². The maximum absolute atomic E-state index is 13.0. The topological polar surface area (TPSA) is 170 Å². The Labute approximate surface area is 324 Å². The molecular formula is C40H44ClN9O5. The number of ketones is 1. The van der Waals surface area contributed by atoms with Crippen molar-refractivity contribution in [2.24, 2.45) is 0 Å². The second-order valence-corrected chi connectivity index (χ2v) is 14.5. The van der Waals surface area contributed by atoms with Crippen LogP contribution in [0, 0.1) is 0 Å². The molecule has 7 rings (SSSR count). The number of ether oxygens (including phenoxy) is 1. The lowest BCUT2D eigenvalue weighted by atomic mass is 9.89. The van der Waals surface area contributed by atoms with Crippen LogP contribution in [0.15, 0.2) is 72.9 Å². The number of piperidine rings is 2. The Morgan fingerprint density at radius 1 is 0.964 bits per heavy atom.